The number of aliphatic hydroxyl groups is 4. The predicted molar refractivity (Wildman–Crippen MR) is 84.0 cm³/mol. The molecule has 0 atom stereocenters. The van der Waals surface area contributed by atoms with Gasteiger partial charge in [0.05, 0.1) is 0 Å². The SMILES string of the molecule is OCCCN(C=CCN(CCCO)CCCO)CCCO. The van der Waals surface area contributed by atoms with E-state index >= 15 is 0 Å². The summed E-state index contributed by atoms with van der Waals surface area (Å²) < 4.78 is 0. The molecule has 0 saturated heterocycles. The van der Waals surface area contributed by atoms with E-state index in [1.165, 1.54) is 0 Å². The fourth-order valence-corrected chi connectivity index (χ4v) is 2.04. The number of hydrogen-bond acceptors (Lipinski definition) is 6. The Morgan fingerprint density at radius 3 is 1.48 bits per heavy atom. The second-order valence-corrected chi connectivity index (χ2v) is 5.03. The van der Waals surface area contributed by atoms with Crippen LogP contribution in [0.25, 0.3) is 0 Å². The van der Waals surface area contributed by atoms with Gasteiger partial charge in [-0.1, -0.05) is 6.08 Å². The van der Waals surface area contributed by atoms with Gasteiger partial charge in [0.1, 0.15) is 0 Å². The summed E-state index contributed by atoms with van der Waals surface area (Å²) >= 11 is 0. The van der Waals surface area contributed by atoms with Crippen molar-refractivity contribution >= 4 is 0 Å². The van der Waals surface area contributed by atoms with Crippen LogP contribution in [0, 0.1) is 0 Å². The zero-order valence-electron chi connectivity index (χ0n) is 13.0. The van der Waals surface area contributed by atoms with E-state index in [-0.39, 0.29) is 26.4 Å². The second kappa shape index (κ2) is 15.7. The van der Waals surface area contributed by atoms with Gasteiger partial charge in [-0.15, -0.1) is 0 Å². The molecule has 21 heavy (non-hydrogen) atoms. The minimum Gasteiger partial charge on any atom is -0.396 e. The number of aliphatic hydroxyl groups excluding tert-OH is 4. The molecule has 0 aliphatic carbocycles. The van der Waals surface area contributed by atoms with Gasteiger partial charge in [-0.05, 0) is 31.9 Å². The Morgan fingerprint density at radius 2 is 1.05 bits per heavy atom. The van der Waals surface area contributed by atoms with E-state index in [1.807, 2.05) is 6.20 Å². The molecule has 126 valence electrons. The summed E-state index contributed by atoms with van der Waals surface area (Å²) in [6, 6.07) is 0. The number of hydrogen-bond donors (Lipinski definition) is 4. The van der Waals surface area contributed by atoms with E-state index < -0.39 is 0 Å². The molecule has 4 N–H and O–H groups in total. The molecule has 0 radical (unpaired) electrons. The molecule has 0 heterocycles. The van der Waals surface area contributed by atoms with Crippen LogP contribution in [0.3, 0.4) is 0 Å². The Balaban J connectivity index is 4.19. The molecule has 0 aromatic carbocycles. The van der Waals surface area contributed by atoms with Gasteiger partial charge in [-0.2, -0.15) is 0 Å². The summed E-state index contributed by atoms with van der Waals surface area (Å²) in [6.45, 7) is 4.65. The molecule has 0 amide bonds. The van der Waals surface area contributed by atoms with Gasteiger partial charge in [0, 0.05) is 59.2 Å². The van der Waals surface area contributed by atoms with Crippen molar-refractivity contribution in [3.63, 3.8) is 0 Å². The van der Waals surface area contributed by atoms with E-state index in [1.54, 1.807) is 0 Å². The van der Waals surface area contributed by atoms with E-state index in [2.05, 4.69) is 15.9 Å². The van der Waals surface area contributed by atoms with Crippen molar-refractivity contribution in [2.45, 2.75) is 25.7 Å². The first-order valence-corrected chi connectivity index (χ1v) is 7.85. The molecule has 0 saturated carbocycles. The number of rotatable bonds is 15. The molecular weight excluding hydrogens is 272 g/mol. The summed E-state index contributed by atoms with van der Waals surface area (Å²) in [5, 5.41) is 35.6. The lowest BCUT2D eigenvalue weighted by Gasteiger charge is -2.22. The third-order valence-electron chi connectivity index (χ3n) is 3.15. The van der Waals surface area contributed by atoms with Crippen molar-refractivity contribution < 1.29 is 20.4 Å². The van der Waals surface area contributed by atoms with Crippen LogP contribution in [0.4, 0.5) is 0 Å². The smallest absolute Gasteiger partial charge is 0.0447 e. The molecule has 6 nitrogen and oxygen atoms in total. The van der Waals surface area contributed by atoms with Crippen LogP contribution in [0.5, 0.6) is 0 Å². The van der Waals surface area contributed by atoms with E-state index in [4.69, 9.17) is 20.4 Å². The van der Waals surface area contributed by atoms with Gasteiger partial charge in [0.2, 0.25) is 0 Å². The van der Waals surface area contributed by atoms with E-state index in [0.717, 1.165) is 45.6 Å². The summed E-state index contributed by atoms with van der Waals surface area (Å²) in [5.41, 5.74) is 0. The third kappa shape index (κ3) is 12.8. The Morgan fingerprint density at radius 1 is 0.619 bits per heavy atom. The highest BCUT2D eigenvalue weighted by Gasteiger charge is 2.03. The fraction of sp³-hybridized carbons (Fsp3) is 0.867. The lowest BCUT2D eigenvalue weighted by atomic mass is 10.3. The summed E-state index contributed by atoms with van der Waals surface area (Å²) in [6.07, 6.45) is 6.97. The van der Waals surface area contributed by atoms with Gasteiger partial charge >= 0.3 is 0 Å². The summed E-state index contributed by atoms with van der Waals surface area (Å²) in [5.74, 6) is 0. The zero-order valence-corrected chi connectivity index (χ0v) is 13.0. The molecule has 0 rings (SSSR count). The van der Waals surface area contributed by atoms with Crippen LogP contribution in [-0.4, -0.2) is 89.4 Å². The lowest BCUT2D eigenvalue weighted by Crippen LogP contribution is -2.28. The van der Waals surface area contributed by atoms with Gasteiger partial charge in [0.25, 0.3) is 0 Å². The summed E-state index contributed by atoms with van der Waals surface area (Å²) in [4.78, 5) is 4.29. The highest BCUT2D eigenvalue weighted by molar-refractivity contribution is 4.85. The van der Waals surface area contributed by atoms with Crippen molar-refractivity contribution in [3.8, 4) is 0 Å². The summed E-state index contributed by atoms with van der Waals surface area (Å²) in [7, 11) is 0. The normalized spacial score (nSPS) is 11.7. The van der Waals surface area contributed by atoms with Crippen LogP contribution < -0.4 is 0 Å². The highest BCUT2D eigenvalue weighted by Crippen LogP contribution is 1.99. The topological polar surface area (TPSA) is 87.4 Å². The zero-order chi connectivity index (χ0) is 15.8. The predicted octanol–water partition coefficient (Wildman–Crippen LogP) is -0.366. The van der Waals surface area contributed by atoms with Gasteiger partial charge in [-0.3, -0.25) is 4.90 Å². The molecular formula is C15H32N2O4. The van der Waals surface area contributed by atoms with Crippen molar-refractivity contribution in [2.75, 3.05) is 59.2 Å². The maximum atomic E-state index is 8.90. The molecule has 0 aliphatic heterocycles. The molecule has 0 spiro atoms. The van der Waals surface area contributed by atoms with Crippen LogP contribution in [-0.2, 0) is 0 Å². The average molecular weight is 304 g/mol. The molecule has 0 unspecified atom stereocenters. The maximum Gasteiger partial charge on any atom is 0.0447 e. The van der Waals surface area contributed by atoms with E-state index in [9.17, 15) is 0 Å². The highest BCUT2D eigenvalue weighted by atomic mass is 16.3. The van der Waals surface area contributed by atoms with Gasteiger partial charge in [-0.25, -0.2) is 0 Å². The van der Waals surface area contributed by atoms with E-state index in [0.29, 0.717) is 12.8 Å². The standard InChI is InChI=1S/C15H32N2O4/c18-12-2-8-16(9-3-13-19)6-1-7-17(10-4-14-20)11-5-15-21/h1,6,18-21H,2-5,7-15H2. The first-order chi connectivity index (χ1) is 10.3. The first-order valence-electron chi connectivity index (χ1n) is 7.85. The fourth-order valence-electron chi connectivity index (χ4n) is 2.04. The Kier molecular flexibility index (Phi) is 15.2. The van der Waals surface area contributed by atoms with Crippen LogP contribution in [0.2, 0.25) is 0 Å². The minimum atomic E-state index is 0.169. The maximum absolute atomic E-state index is 8.90. The Bertz CT molecular complexity index is 224. The van der Waals surface area contributed by atoms with Gasteiger partial charge in [0.15, 0.2) is 0 Å². The Hall–Kier alpha value is -0.660. The van der Waals surface area contributed by atoms with Gasteiger partial charge < -0.3 is 25.3 Å². The Labute approximate surface area is 128 Å². The van der Waals surface area contributed by atoms with Crippen LogP contribution in [0.15, 0.2) is 12.3 Å². The van der Waals surface area contributed by atoms with Crippen molar-refractivity contribution in [1.29, 1.82) is 0 Å². The van der Waals surface area contributed by atoms with Crippen LogP contribution >= 0.6 is 0 Å². The number of nitrogens with zero attached hydrogens (tertiary/aromatic N) is 2. The van der Waals surface area contributed by atoms with Crippen LogP contribution in [0.1, 0.15) is 25.7 Å². The second-order valence-electron chi connectivity index (χ2n) is 5.03. The largest absolute Gasteiger partial charge is 0.396 e. The van der Waals surface area contributed by atoms with Crippen molar-refractivity contribution in [2.24, 2.45) is 0 Å². The molecule has 0 bridgehead atoms. The quantitative estimate of drug-likeness (QED) is 0.330. The average Bonchev–Trinajstić information content (AvgIpc) is 2.51. The molecule has 0 aromatic heterocycles. The molecule has 0 aliphatic rings. The lowest BCUT2D eigenvalue weighted by molar-refractivity contribution is 0.212. The van der Waals surface area contributed by atoms with Crippen molar-refractivity contribution in [1.82, 2.24) is 9.80 Å². The molecule has 0 fully saturated rings. The molecule has 6 heteroatoms. The first kappa shape index (κ1) is 20.3. The molecule has 0 aromatic rings. The minimum absolute atomic E-state index is 0.169. The van der Waals surface area contributed by atoms with Crippen molar-refractivity contribution in [3.05, 3.63) is 12.3 Å². The third-order valence-corrected chi connectivity index (χ3v) is 3.15. The monoisotopic (exact) mass is 304 g/mol.